The van der Waals surface area contributed by atoms with Crippen LogP contribution >= 0.6 is 11.6 Å². The number of carbonyl (C=O) groups is 1. The Bertz CT molecular complexity index is 663. The van der Waals surface area contributed by atoms with Crippen molar-refractivity contribution in [3.63, 3.8) is 0 Å². The van der Waals surface area contributed by atoms with Crippen molar-refractivity contribution in [2.24, 2.45) is 0 Å². The van der Waals surface area contributed by atoms with Crippen molar-refractivity contribution in [3.05, 3.63) is 28.5 Å². The Morgan fingerprint density at radius 1 is 1.45 bits per heavy atom. The van der Waals surface area contributed by atoms with Crippen LogP contribution in [0, 0.1) is 5.82 Å². The molecule has 1 atom stereocenters. The van der Waals surface area contributed by atoms with Gasteiger partial charge in [0, 0.05) is 13.1 Å². The van der Waals surface area contributed by atoms with E-state index in [1.165, 1.54) is 0 Å². The highest BCUT2D eigenvalue weighted by molar-refractivity contribution is 7.89. The summed E-state index contributed by atoms with van der Waals surface area (Å²) in [5, 5.41) is 17.6. The predicted octanol–water partition coefficient (Wildman–Crippen LogP) is 0.933. The Hall–Kier alpha value is -1.22. The first-order valence-corrected chi connectivity index (χ1v) is 7.46. The Labute approximate surface area is 119 Å². The molecule has 0 unspecified atom stereocenters. The van der Waals surface area contributed by atoms with E-state index in [-0.39, 0.29) is 19.5 Å². The first-order chi connectivity index (χ1) is 9.23. The maximum atomic E-state index is 13.6. The molecule has 2 rings (SSSR count). The molecule has 9 heteroatoms. The van der Waals surface area contributed by atoms with Crippen molar-refractivity contribution < 1.29 is 27.8 Å². The van der Waals surface area contributed by atoms with E-state index in [4.69, 9.17) is 16.7 Å². The number of benzene rings is 1. The minimum Gasteiger partial charge on any atom is -0.478 e. The Morgan fingerprint density at radius 3 is 2.60 bits per heavy atom. The zero-order chi connectivity index (χ0) is 15.1. The quantitative estimate of drug-likeness (QED) is 0.863. The monoisotopic (exact) mass is 323 g/mol. The first-order valence-electron chi connectivity index (χ1n) is 5.64. The minimum atomic E-state index is -4.06. The van der Waals surface area contributed by atoms with Crippen LogP contribution in [0.2, 0.25) is 5.02 Å². The summed E-state index contributed by atoms with van der Waals surface area (Å²) in [6.45, 7) is -0.00880. The summed E-state index contributed by atoms with van der Waals surface area (Å²) in [6.07, 6.45) is -0.498. The number of aliphatic hydroxyl groups excluding tert-OH is 1. The number of halogens is 2. The molecular formula is C11H11ClFNO5S. The number of hydrogen-bond acceptors (Lipinski definition) is 4. The molecule has 20 heavy (non-hydrogen) atoms. The van der Waals surface area contributed by atoms with Gasteiger partial charge in [-0.15, -0.1) is 0 Å². The molecule has 0 bridgehead atoms. The van der Waals surface area contributed by atoms with Crippen molar-refractivity contribution in [2.45, 2.75) is 17.4 Å². The van der Waals surface area contributed by atoms with Gasteiger partial charge in [-0.05, 0) is 18.6 Å². The lowest BCUT2D eigenvalue weighted by Gasteiger charge is -2.16. The van der Waals surface area contributed by atoms with Gasteiger partial charge in [-0.3, -0.25) is 0 Å². The van der Waals surface area contributed by atoms with Crippen LogP contribution in [0.5, 0.6) is 0 Å². The van der Waals surface area contributed by atoms with E-state index < -0.39 is 43.4 Å². The Balaban J connectivity index is 2.50. The largest absolute Gasteiger partial charge is 0.478 e. The molecule has 1 aromatic carbocycles. The molecule has 1 aliphatic heterocycles. The van der Waals surface area contributed by atoms with Gasteiger partial charge in [0.2, 0.25) is 10.0 Å². The molecule has 6 nitrogen and oxygen atoms in total. The van der Waals surface area contributed by atoms with E-state index in [0.717, 1.165) is 10.4 Å². The van der Waals surface area contributed by atoms with Gasteiger partial charge in [-0.1, -0.05) is 11.6 Å². The van der Waals surface area contributed by atoms with E-state index in [9.17, 15) is 22.7 Å². The summed E-state index contributed by atoms with van der Waals surface area (Å²) in [4.78, 5) is 10.4. The summed E-state index contributed by atoms with van der Waals surface area (Å²) >= 11 is 5.49. The third kappa shape index (κ3) is 2.64. The number of carboxylic acid groups (broad SMARTS) is 1. The zero-order valence-electron chi connectivity index (χ0n) is 10.1. The molecule has 0 saturated carbocycles. The molecule has 1 saturated heterocycles. The average Bonchev–Trinajstić information content (AvgIpc) is 2.79. The number of rotatable bonds is 3. The van der Waals surface area contributed by atoms with Crippen LogP contribution in [0.15, 0.2) is 17.0 Å². The maximum Gasteiger partial charge on any atom is 0.337 e. The highest BCUT2D eigenvalue weighted by Gasteiger charge is 2.33. The highest BCUT2D eigenvalue weighted by Crippen LogP contribution is 2.27. The molecule has 1 heterocycles. The van der Waals surface area contributed by atoms with E-state index in [0.29, 0.717) is 6.07 Å². The second-order valence-corrected chi connectivity index (χ2v) is 6.69. The van der Waals surface area contributed by atoms with Crippen molar-refractivity contribution >= 4 is 27.6 Å². The van der Waals surface area contributed by atoms with Crippen molar-refractivity contribution in [1.29, 1.82) is 0 Å². The first kappa shape index (κ1) is 15.2. The van der Waals surface area contributed by atoms with Crippen LogP contribution in [0.3, 0.4) is 0 Å². The fourth-order valence-corrected chi connectivity index (χ4v) is 3.67. The van der Waals surface area contributed by atoms with Crippen LogP contribution in [0.1, 0.15) is 16.8 Å². The molecule has 2 N–H and O–H groups in total. The van der Waals surface area contributed by atoms with Crippen molar-refractivity contribution in [2.75, 3.05) is 13.1 Å². The fraction of sp³-hybridized carbons (Fsp3) is 0.364. The molecule has 110 valence electrons. The lowest BCUT2D eigenvalue weighted by atomic mass is 10.2. The van der Waals surface area contributed by atoms with Gasteiger partial charge in [0.15, 0.2) is 0 Å². The Kier molecular flexibility index (Phi) is 4.01. The van der Waals surface area contributed by atoms with E-state index in [1.54, 1.807) is 0 Å². The second-order valence-electron chi connectivity index (χ2n) is 4.38. The summed E-state index contributed by atoms with van der Waals surface area (Å²) in [5.74, 6) is -2.64. The molecule has 0 amide bonds. The molecule has 1 fully saturated rings. The summed E-state index contributed by atoms with van der Waals surface area (Å²) in [6, 6.07) is 1.49. The topological polar surface area (TPSA) is 94.9 Å². The third-order valence-electron chi connectivity index (χ3n) is 3.00. The van der Waals surface area contributed by atoms with Gasteiger partial charge in [-0.2, -0.15) is 4.31 Å². The van der Waals surface area contributed by atoms with Gasteiger partial charge in [-0.25, -0.2) is 17.6 Å². The molecule has 1 aliphatic rings. The normalized spacial score (nSPS) is 20.2. The molecule has 0 radical (unpaired) electrons. The van der Waals surface area contributed by atoms with Gasteiger partial charge in [0.1, 0.15) is 5.82 Å². The SMILES string of the molecule is O=C(O)c1cc(S(=O)(=O)N2CC[C@H](O)C2)cc(F)c1Cl. The van der Waals surface area contributed by atoms with Gasteiger partial charge in [0.25, 0.3) is 0 Å². The van der Waals surface area contributed by atoms with Crippen molar-refractivity contribution in [3.8, 4) is 0 Å². The lowest BCUT2D eigenvalue weighted by Crippen LogP contribution is -2.30. The van der Waals surface area contributed by atoms with E-state index in [1.807, 2.05) is 0 Å². The number of aromatic carboxylic acids is 1. The minimum absolute atomic E-state index is 0.0934. The highest BCUT2D eigenvalue weighted by atomic mass is 35.5. The number of carboxylic acids is 1. The number of hydrogen-bond donors (Lipinski definition) is 2. The van der Waals surface area contributed by atoms with Crippen LogP contribution < -0.4 is 0 Å². The summed E-state index contributed by atoms with van der Waals surface area (Å²) < 4.78 is 39.0. The number of aliphatic hydroxyl groups is 1. The maximum absolute atomic E-state index is 13.6. The van der Waals surface area contributed by atoms with Crippen molar-refractivity contribution in [1.82, 2.24) is 4.31 Å². The van der Waals surface area contributed by atoms with Crippen LogP contribution in [-0.2, 0) is 10.0 Å². The number of sulfonamides is 1. The molecule has 1 aromatic rings. The summed E-state index contributed by atoms with van der Waals surface area (Å²) in [7, 11) is -4.06. The molecule has 0 spiro atoms. The lowest BCUT2D eigenvalue weighted by molar-refractivity contribution is 0.0696. The number of β-amino-alcohol motifs (C(OH)–C–C–N with tert-alkyl or cyclic N) is 1. The summed E-state index contributed by atoms with van der Waals surface area (Å²) in [5.41, 5.74) is -0.620. The van der Waals surface area contributed by atoms with Crippen LogP contribution in [-0.4, -0.2) is 48.1 Å². The average molecular weight is 324 g/mol. The van der Waals surface area contributed by atoms with Crippen LogP contribution in [0.4, 0.5) is 4.39 Å². The zero-order valence-corrected chi connectivity index (χ0v) is 11.7. The fourth-order valence-electron chi connectivity index (χ4n) is 1.95. The molecule has 0 aromatic heterocycles. The number of nitrogens with zero attached hydrogens (tertiary/aromatic N) is 1. The Morgan fingerprint density at radius 2 is 2.10 bits per heavy atom. The predicted molar refractivity (Wildman–Crippen MR) is 67.8 cm³/mol. The second kappa shape index (κ2) is 5.28. The van der Waals surface area contributed by atoms with Gasteiger partial charge >= 0.3 is 5.97 Å². The smallest absolute Gasteiger partial charge is 0.337 e. The standard InChI is InChI=1S/C11H11ClFNO5S/c12-10-8(11(16)17)3-7(4-9(10)13)20(18,19)14-2-1-6(15)5-14/h3-4,6,15H,1-2,5H2,(H,16,17)/t6-/m0/s1. The molecule has 0 aliphatic carbocycles. The van der Waals surface area contributed by atoms with Gasteiger partial charge in [0.05, 0.1) is 21.6 Å². The van der Waals surface area contributed by atoms with Crippen LogP contribution in [0.25, 0.3) is 0 Å². The molecular weight excluding hydrogens is 313 g/mol. The third-order valence-corrected chi connectivity index (χ3v) is 5.22. The van der Waals surface area contributed by atoms with E-state index >= 15 is 0 Å². The van der Waals surface area contributed by atoms with Gasteiger partial charge < -0.3 is 10.2 Å². The van der Waals surface area contributed by atoms with E-state index in [2.05, 4.69) is 0 Å².